The lowest BCUT2D eigenvalue weighted by Gasteiger charge is -2.24. The fourth-order valence-corrected chi connectivity index (χ4v) is 5.96. The molecule has 1 atom stereocenters. The van der Waals surface area contributed by atoms with E-state index in [9.17, 15) is 14.4 Å². The number of aromatic nitrogens is 1. The summed E-state index contributed by atoms with van der Waals surface area (Å²) in [6.07, 6.45) is -0.294. The van der Waals surface area contributed by atoms with Crippen LogP contribution in [-0.2, 0) is 22.5 Å². The zero-order chi connectivity index (χ0) is 29.5. The molecule has 2 amide bonds. The van der Waals surface area contributed by atoms with Gasteiger partial charge in [0.05, 0.1) is 5.01 Å². The van der Waals surface area contributed by atoms with Crippen LogP contribution >= 0.6 is 11.3 Å². The van der Waals surface area contributed by atoms with Crippen molar-refractivity contribution in [2.75, 3.05) is 26.7 Å². The van der Waals surface area contributed by atoms with E-state index in [2.05, 4.69) is 39.9 Å². The van der Waals surface area contributed by atoms with E-state index < -0.39 is 18.1 Å². The Morgan fingerprint density at radius 2 is 1.62 bits per heavy atom. The Kier molecular flexibility index (Phi) is 9.25. The van der Waals surface area contributed by atoms with Gasteiger partial charge in [-0.3, -0.25) is 9.69 Å². The maximum absolute atomic E-state index is 13.2. The first-order chi connectivity index (χ1) is 20.4. The summed E-state index contributed by atoms with van der Waals surface area (Å²) in [7, 11) is 1.88. The third-order valence-corrected chi connectivity index (χ3v) is 8.06. The molecule has 0 radical (unpaired) electrons. The summed E-state index contributed by atoms with van der Waals surface area (Å²) < 4.78 is 5.71. The Morgan fingerprint density at radius 1 is 0.976 bits per heavy atom. The number of rotatable bonds is 12. The monoisotopic (exact) mass is 584 g/mol. The van der Waals surface area contributed by atoms with E-state index in [-0.39, 0.29) is 37.2 Å². The first kappa shape index (κ1) is 29.0. The molecule has 3 N–H and O–H groups in total. The minimum atomic E-state index is -1.09. The Balaban J connectivity index is 1.22. The van der Waals surface area contributed by atoms with Gasteiger partial charge in [0.1, 0.15) is 12.6 Å². The number of hydrogen-bond acceptors (Lipinski definition) is 7. The third kappa shape index (κ3) is 7.02. The predicted octanol–water partition coefficient (Wildman–Crippen LogP) is 4.54. The molecular weight excluding hydrogens is 552 g/mol. The summed E-state index contributed by atoms with van der Waals surface area (Å²) in [5.41, 5.74) is 5.56. The van der Waals surface area contributed by atoms with E-state index in [0.717, 1.165) is 27.8 Å². The van der Waals surface area contributed by atoms with E-state index in [1.807, 2.05) is 66.5 Å². The molecule has 1 heterocycles. The summed E-state index contributed by atoms with van der Waals surface area (Å²) >= 11 is 1.23. The summed E-state index contributed by atoms with van der Waals surface area (Å²) in [6, 6.07) is 25.2. The Bertz CT molecular complexity index is 1510. The highest BCUT2D eigenvalue weighted by Gasteiger charge is 2.30. The van der Waals surface area contributed by atoms with E-state index in [1.165, 1.54) is 16.7 Å². The predicted molar refractivity (Wildman–Crippen MR) is 161 cm³/mol. The van der Waals surface area contributed by atoms with Gasteiger partial charge >= 0.3 is 12.1 Å². The van der Waals surface area contributed by atoms with Gasteiger partial charge in [-0.25, -0.2) is 14.6 Å². The number of likely N-dealkylation sites (N-methyl/N-ethyl adjacent to an activating group) is 1. The number of nitrogens with zero attached hydrogens (tertiary/aromatic N) is 2. The van der Waals surface area contributed by atoms with Crippen molar-refractivity contribution in [1.29, 1.82) is 0 Å². The summed E-state index contributed by atoms with van der Waals surface area (Å²) in [6.45, 7) is 1.24. The highest BCUT2D eigenvalue weighted by atomic mass is 32.1. The SMILES string of the molecule is CN(Cc1ccccc1)CC(NC(=O)OCC1c2ccccc2-c2ccccc21)C(=O)NCCc1nc(C(=O)O)cs1. The molecule has 9 nitrogen and oxygen atoms in total. The van der Waals surface area contributed by atoms with Crippen LogP contribution < -0.4 is 10.6 Å². The Labute approximate surface area is 248 Å². The zero-order valence-corrected chi connectivity index (χ0v) is 24.0. The largest absolute Gasteiger partial charge is 0.476 e. The van der Waals surface area contributed by atoms with Crippen LogP contribution in [0.1, 0.15) is 38.1 Å². The number of benzene rings is 3. The van der Waals surface area contributed by atoms with Gasteiger partial charge in [-0.15, -0.1) is 11.3 Å². The van der Waals surface area contributed by atoms with Crippen LogP contribution in [0.3, 0.4) is 0 Å². The van der Waals surface area contributed by atoms with Gasteiger partial charge in [0.25, 0.3) is 0 Å². The lowest BCUT2D eigenvalue weighted by Crippen LogP contribution is -2.52. The molecule has 0 spiro atoms. The topological polar surface area (TPSA) is 121 Å². The van der Waals surface area contributed by atoms with E-state index in [4.69, 9.17) is 9.84 Å². The molecule has 0 bridgehead atoms. The number of amides is 2. The number of fused-ring (bicyclic) bond motifs is 3. The van der Waals surface area contributed by atoms with Crippen LogP contribution in [0.25, 0.3) is 11.1 Å². The van der Waals surface area contributed by atoms with Crippen molar-refractivity contribution < 1.29 is 24.2 Å². The summed E-state index contributed by atoms with van der Waals surface area (Å²) in [4.78, 5) is 43.4. The molecule has 1 unspecified atom stereocenters. The van der Waals surface area contributed by atoms with Gasteiger partial charge < -0.3 is 20.5 Å². The van der Waals surface area contributed by atoms with Crippen molar-refractivity contribution in [3.05, 3.63) is 112 Å². The number of ether oxygens (including phenoxy) is 1. The van der Waals surface area contributed by atoms with Crippen molar-refractivity contribution >= 4 is 29.3 Å². The Hall–Kier alpha value is -4.54. The van der Waals surface area contributed by atoms with E-state index >= 15 is 0 Å². The third-order valence-electron chi connectivity index (χ3n) is 7.15. The number of carbonyl (C=O) groups excluding carboxylic acids is 2. The number of hydrogen-bond donors (Lipinski definition) is 3. The van der Waals surface area contributed by atoms with Crippen LogP contribution in [0, 0.1) is 0 Å². The van der Waals surface area contributed by atoms with Gasteiger partial charge in [0.15, 0.2) is 5.69 Å². The maximum Gasteiger partial charge on any atom is 0.407 e. The molecule has 1 aliphatic carbocycles. The molecule has 0 fully saturated rings. The molecule has 1 aromatic heterocycles. The minimum absolute atomic E-state index is 0.0151. The number of nitrogens with one attached hydrogen (secondary N) is 2. The summed E-state index contributed by atoms with van der Waals surface area (Å²) in [5.74, 6) is -1.54. The fourth-order valence-electron chi connectivity index (χ4n) is 5.19. The average Bonchev–Trinajstić information content (AvgIpc) is 3.59. The van der Waals surface area contributed by atoms with Crippen molar-refractivity contribution in [2.45, 2.75) is 24.9 Å². The first-order valence-electron chi connectivity index (χ1n) is 13.7. The zero-order valence-electron chi connectivity index (χ0n) is 23.2. The van der Waals surface area contributed by atoms with E-state index in [0.29, 0.717) is 18.0 Å². The second kappa shape index (κ2) is 13.4. The molecule has 0 saturated carbocycles. The molecule has 4 aromatic rings. The second-order valence-electron chi connectivity index (χ2n) is 10.2. The average molecular weight is 585 g/mol. The molecule has 1 aliphatic rings. The number of carbonyl (C=O) groups is 3. The molecule has 42 heavy (non-hydrogen) atoms. The number of alkyl carbamates (subject to hydrolysis) is 1. The van der Waals surface area contributed by atoms with Gasteiger partial charge in [0.2, 0.25) is 5.91 Å². The maximum atomic E-state index is 13.2. The summed E-state index contributed by atoms with van der Waals surface area (Å²) in [5, 5.41) is 16.8. The Morgan fingerprint density at radius 3 is 2.26 bits per heavy atom. The molecule has 3 aromatic carbocycles. The smallest absolute Gasteiger partial charge is 0.407 e. The van der Waals surface area contributed by atoms with Gasteiger partial charge in [-0.05, 0) is 34.9 Å². The molecule has 0 aliphatic heterocycles. The lowest BCUT2D eigenvalue weighted by atomic mass is 9.98. The number of carboxylic acids is 1. The number of aromatic carboxylic acids is 1. The van der Waals surface area contributed by atoms with E-state index in [1.54, 1.807) is 0 Å². The van der Waals surface area contributed by atoms with Crippen LogP contribution in [0.2, 0.25) is 0 Å². The van der Waals surface area contributed by atoms with Crippen molar-refractivity contribution in [1.82, 2.24) is 20.5 Å². The van der Waals surface area contributed by atoms with Gasteiger partial charge in [0, 0.05) is 37.4 Å². The molecular formula is C32H32N4O5S. The van der Waals surface area contributed by atoms with Crippen LogP contribution in [-0.4, -0.2) is 65.7 Å². The van der Waals surface area contributed by atoms with Crippen molar-refractivity contribution in [3.8, 4) is 11.1 Å². The minimum Gasteiger partial charge on any atom is -0.476 e. The van der Waals surface area contributed by atoms with Crippen LogP contribution in [0.15, 0.2) is 84.2 Å². The van der Waals surface area contributed by atoms with Crippen molar-refractivity contribution in [3.63, 3.8) is 0 Å². The number of carboxylic acid groups (broad SMARTS) is 1. The van der Waals surface area contributed by atoms with Crippen LogP contribution in [0.5, 0.6) is 0 Å². The first-order valence-corrected chi connectivity index (χ1v) is 14.6. The van der Waals surface area contributed by atoms with Gasteiger partial charge in [-0.1, -0.05) is 78.9 Å². The van der Waals surface area contributed by atoms with Crippen molar-refractivity contribution in [2.24, 2.45) is 0 Å². The second-order valence-corrected chi connectivity index (χ2v) is 11.1. The number of thiazole rings is 1. The lowest BCUT2D eigenvalue weighted by molar-refractivity contribution is -0.123. The molecule has 0 saturated heterocycles. The standard InChI is InChI=1S/C32H32N4O5S/c1-36(17-21-9-3-2-4-10-21)18-27(30(37)33-16-15-29-34-28(20-42-29)31(38)39)35-32(40)41-19-26-24-13-7-5-11-22(24)23-12-6-8-14-25(23)26/h2-14,20,26-27H,15-19H2,1H3,(H,33,37)(H,35,40)(H,38,39). The molecule has 216 valence electrons. The normalized spacial score (nSPS) is 12.8. The highest BCUT2D eigenvalue weighted by molar-refractivity contribution is 7.09. The quantitative estimate of drug-likeness (QED) is 0.224. The van der Waals surface area contributed by atoms with Crippen LogP contribution in [0.4, 0.5) is 4.79 Å². The molecule has 5 rings (SSSR count). The molecule has 10 heteroatoms. The fraction of sp³-hybridized carbons (Fsp3) is 0.250. The highest BCUT2D eigenvalue weighted by Crippen LogP contribution is 2.44. The van der Waals surface area contributed by atoms with Gasteiger partial charge in [-0.2, -0.15) is 0 Å².